The van der Waals surface area contributed by atoms with E-state index < -0.39 is 11.7 Å². The van der Waals surface area contributed by atoms with Gasteiger partial charge in [0.1, 0.15) is 0 Å². The van der Waals surface area contributed by atoms with E-state index in [2.05, 4.69) is 10.3 Å². The molecule has 0 unspecified atom stereocenters. The monoisotopic (exact) mass is 342 g/mol. The topological polar surface area (TPSA) is 24.4 Å². The second-order valence-corrected chi connectivity index (χ2v) is 6.02. The number of benzene rings is 2. The predicted molar refractivity (Wildman–Crippen MR) is 84.9 cm³/mol. The first-order chi connectivity index (χ1) is 10.4. The number of amidine groups is 1. The number of anilines is 1. The molecule has 0 radical (unpaired) electrons. The first-order valence-electron chi connectivity index (χ1n) is 6.36. The molecular weight excluding hydrogens is 333 g/mol. The molecule has 0 fully saturated rings. The van der Waals surface area contributed by atoms with E-state index in [1.165, 1.54) is 17.8 Å². The van der Waals surface area contributed by atoms with Gasteiger partial charge in [-0.25, -0.2) is 4.99 Å². The molecule has 3 rings (SSSR count). The number of nitrogens with one attached hydrogen (secondary N) is 1. The molecule has 0 aromatic heterocycles. The Kier molecular flexibility index (Phi) is 4.06. The first kappa shape index (κ1) is 15.2. The van der Waals surface area contributed by atoms with Crippen molar-refractivity contribution in [2.45, 2.75) is 11.9 Å². The molecule has 1 N–H and O–H groups in total. The minimum absolute atomic E-state index is 0.196. The van der Waals surface area contributed by atoms with Gasteiger partial charge in [0.2, 0.25) is 0 Å². The van der Waals surface area contributed by atoms with E-state index in [0.717, 1.165) is 23.4 Å². The Labute approximate surface area is 134 Å². The Hall–Kier alpha value is -1.66. The fraction of sp³-hybridized carbons (Fsp3) is 0.133. The number of hydrogen-bond donors (Lipinski definition) is 1. The van der Waals surface area contributed by atoms with Crippen LogP contribution in [0.15, 0.2) is 47.5 Å². The van der Waals surface area contributed by atoms with Crippen LogP contribution < -0.4 is 5.32 Å². The molecule has 1 aliphatic rings. The maximum absolute atomic E-state index is 12.8. The van der Waals surface area contributed by atoms with Gasteiger partial charge in [-0.1, -0.05) is 41.6 Å². The van der Waals surface area contributed by atoms with E-state index in [1.807, 2.05) is 24.3 Å². The van der Waals surface area contributed by atoms with E-state index in [1.54, 1.807) is 0 Å². The summed E-state index contributed by atoms with van der Waals surface area (Å²) < 4.78 is 38.3. The van der Waals surface area contributed by atoms with E-state index in [0.29, 0.717) is 10.9 Å². The van der Waals surface area contributed by atoms with Crippen molar-refractivity contribution in [1.29, 1.82) is 0 Å². The predicted octanol–water partition coefficient (Wildman–Crippen LogP) is 5.71. The van der Waals surface area contributed by atoms with Crippen molar-refractivity contribution >= 4 is 39.9 Å². The van der Waals surface area contributed by atoms with Gasteiger partial charge in [0, 0.05) is 5.75 Å². The third-order valence-corrected chi connectivity index (χ3v) is 4.37. The molecule has 1 heterocycles. The molecule has 0 atom stereocenters. The molecule has 22 heavy (non-hydrogen) atoms. The maximum Gasteiger partial charge on any atom is 0.416 e. The summed E-state index contributed by atoms with van der Waals surface area (Å²) >= 11 is 7.39. The Balaban J connectivity index is 1.90. The van der Waals surface area contributed by atoms with Crippen molar-refractivity contribution in [3.63, 3.8) is 0 Å². The van der Waals surface area contributed by atoms with Gasteiger partial charge >= 0.3 is 6.18 Å². The van der Waals surface area contributed by atoms with Crippen LogP contribution in [0.5, 0.6) is 0 Å². The molecule has 114 valence electrons. The third-order valence-electron chi connectivity index (χ3n) is 3.11. The summed E-state index contributed by atoms with van der Waals surface area (Å²) in [6.45, 7) is 0. The molecule has 0 amide bonds. The minimum atomic E-state index is -4.41. The van der Waals surface area contributed by atoms with Gasteiger partial charge in [0.15, 0.2) is 5.17 Å². The summed E-state index contributed by atoms with van der Waals surface area (Å²) in [5.41, 5.74) is 1.35. The van der Waals surface area contributed by atoms with Crippen LogP contribution in [0.1, 0.15) is 11.1 Å². The fourth-order valence-electron chi connectivity index (χ4n) is 2.01. The summed E-state index contributed by atoms with van der Waals surface area (Å²) in [5, 5.41) is 3.63. The molecule has 0 saturated heterocycles. The van der Waals surface area contributed by atoms with Gasteiger partial charge in [0.05, 0.1) is 22.0 Å². The second kappa shape index (κ2) is 5.85. The molecule has 0 spiro atoms. The number of para-hydroxylation sites is 1. The fourth-order valence-corrected chi connectivity index (χ4v) is 3.05. The van der Waals surface area contributed by atoms with Crippen LogP contribution in [-0.2, 0) is 11.9 Å². The molecule has 2 aromatic rings. The lowest BCUT2D eigenvalue weighted by molar-refractivity contribution is -0.137. The smallest absolute Gasteiger partial charge is 0.333 e. The van der Waals surface area contributed by atoms with E-state index >= 15 is 0 Å². The maximum atomic E-state index is 12.8. The zero-order valence-electron chi connectivity index (χ0n) is 11.1. The van der Waals surface area contributed by atoms with Crippen LogP contribution in [0.3, 0.4) is 0 Å². The first-order valence-corrected chi connectivity index (χ1v) is 7.73. The SMILES string of the molecule is FC(F)(F)c1ccc(Cl)c(NC2=Nc3ccccc3CS2)c1. The average molecular weight is 343 g/mol. The Morgan fingerprint density at radius 3 is 2.68 bits per heavy atom. The highest BCUT2D eigenvalue weighted by atomic mass is 35.5. The van der Waals surface area contributed by atoms with Crippen LogP contribution in [-0.4, -0.2) is 5.17 Å². The number of rotatable bonds is 1. The highest BCUT2D eigenvalue weighted by Crippen LogP contribution is 2.36. The molecule has 0 aliphatic carbocycles. The molecule has 1 aliphatic heterocycles. The van der Waals surface area contributed by atoms with Gasteiger partial charge in [-0.05, 0) is 29.8 Å². The quantitative estimate of drug-likeness (QED) is 0.718. The molecule has 7 heteroatoms. The Morgan fingerprint density at radius 2 is 1.91 bits per heavy atom. The van der Waals surface area contributed by atoms with Crippen LogP contribution >= 0.6 is 23.4 Å². The zero-order chi connectivity index (χ0) is 15.7. The van der Waals surface area contributed by atoms with Crippen LogP contribution in [0, 0.1) is 0 Å². The van der Waals surface area contributed by atoms with Crippen LogP contribution in [0.4, 0.5) is 24.5 Å². The van der Waals surface area contributed by atoms with E-state index in [-0.39, 0.29) is 10.7 Å². The van der Waals surface area contributed by atoms with Crippen molar-refractivity contribution < 1.29 is 13.2 Å². The summed E-state index contributed by atoms with van der Waals surface area (Å²) in [6, 6.07) is 10.8. The van der Waals surface area contributed by atoms with Crippen molar-refractivity contribution in [2.75, 3.05) is 5.32 Å². The van der Waals surface area contributed by atoms with Gasteiger partial charge in [-0.3, -0.25) is 0 Å². The highest BCUT2D eigenvalue weighted by Gasteiger charge is 2.31. The number of fused-ring (bicyclic) bond motifs is 1. The Bertz CT molecular complexity index is 744. The number of hydrogen-bond acceptors (Lipinski definition) is 3. The summed E-state index contributed by atoms with van der Waals surface area (Å²) in [5.74, 6) is 0.707. The molecule has 0 saturated carbocycles. The van der Waals surface area contributed by atoms with Crippen molar-refractivity contribution in [3.8, 4) is 0 Å². The number of thioether (sulfide) groups is 1. The number of nitrogens with zero attached hydrogens (tertiary/aromatic N) is 1. The molecule has 2 nitrogen and oxygen atoms in total. The van der Waals surface area contributed by atoms with E-state index in [9.17, 15) is 13.2 Å². The lowest BCUT2D eigenvalue weighted by Gasteiger charge is -2.17. The highest BCUT2D eigenvalue weighted by molar-refractivity contribution is 8.13. The average Bonchev–Trinajstić information content (AvgIpc) is 2.48. The third kappa shape index (κ3) is 3.23. The van der Waals surface area contributed by atoms with E-state index in [4.69, 9.17) is 11.6 Å². The van der Waals surface area contributed by atoms with Crippen LogP contribution in [0.2, 0.25) is 5.02 Å². The summed E-state index contributed by atoms with van der Waals surface area (Å²) in [4.78, 5) is 4.40. The lowest BCUT2D eigenvalue weighted by Crippen LogP contribution is -2.12. The zero-order valence-corrected chi connectivity index (χ0v) is 12.7. The number of halogens is 4. The van der Waals surface area contributed by atoms with Gasteiger partial charge in [-0.2, -0.15) is 13.2 Å². The van der Waals surface area contributed by atoms with Gasteiger partial charge in [0.25, 0.3) is 0 Å². The Morgan fingerprint density at radius 1 is 1.14 bits per heavy atom. The van der Waals surface area contributed by atoms with Gasteiger partial charge < -0.3 is 5.32 Å². The molecule has 0 bridgehead atoms. The number of alkyl halides is 3. The van der Waals surface area contributed by atoms with Crippen molar-refractivity contribution in [2.24, 2.45) is 4.99 Å². The largest absolute Gasteiger partial charge is 0.416 e. The normalized spacial score (nSPS) is 14.3. The number of aliphatic imine (C=N–C) groups is 1. The lowest BCUT2D eigenvalue weighted by atomic mass is 10.2. The van der Waals surface area contributed by atoms with Crippen LogP contribution in [0.25, 0.3) is 0 Å². The minimum Gasteiger partial charge on any atom is -0.333 e. The standard InChI is InChI=1S/C15H10ClF3N2S/c16-11-6-5-10(15(17,18)19)7-13(11)21-14-20-12-4-2-1-3-9(12)8-22-14/h1-7H,8H2,(H,20,21). The molecule has 2 aromatic carbocycles. The summed E-state index contributed by atoms with van der Waals surface area (Å²) in [7, 11) is 0. The van der Waals surface area contributed by atoms with Gasteiger partial charge in [-0.15, -0.1) is 0 Å². The second-order valence-electron chi connectivity index (χ2n) is 4.65. The van der Waals surface area contributed by atoms with Crippen molar-refractivity contribution in [3.05, 3.63) is 58.6 Å². The summed E-state index contributed by atoms with van der Waals surface area (Å²) in [6.07, 6.45) is -4.41. The van der Waals surface area contributed by atoms with Crippen molar-refractivity contribution in [1.82, 2.24) is 0 Å². The molecular formula is C15H10ClF3N2S.